The Kier molecular flexibility index (Phi) is 3.43. The summed E-state index contributed by atoms with van der Waals surface area (Å²) < 4.78 is 0. The van der Waals surface area contributed by atoms with Crippen molar-refractivity contribution in [1.82, 2.24) is 0 Å². The monoisotopic (exact) mass is 69.1 g/mol. The van der Waals surface area contributed by atoms with Crippen LogP contribution in [0, 0.1) is 0 Å². The molecule has 0 saturated heterocycles. The Balaban J connectivity index is 2.40. The maximum Gasteiger partial charge on any atom is 0.112 e. The van der Waals surface area contributed by atoms with E-state index in [0.717, 1.165) is 6.42 Å². The van der Waals surface area contributed by atoms with Crippen molar-refractivity contribution in [3.8, 4) is 0 Å². The van der Waals surface area contributed by atoms with Crippen molar-refractivity contribution in [3.63, 3.8) is 0 Å². The predicted octanol–water partition coefficient (Wildman–Crippen LogP) is 0.851. The highest BCUT2D eigenvalue weighted by Crippen LogP contribution is 1.70. The lowest BCUT2D eigenvalue weighted by Crippen LogP contribution is -1.67. The number of hydrogen-bond acceptors (Lipinski definition) is 1. The summed E-state index contributed by atoms with van der Waals surface area (Å²) in [5, 5.41) is 0. The third-order valence-electron chi connectivity index (χ3n) is 0.335. The van der Waals surface area contributed by atoms with E-state index in [4.69, 9.17) is 6.72 Å². The molecule has 0 unspecified atom stereocenters. The zero-order valence-electron chi connectivity index (χ0n) is 3.36. The predicted molar refractivity (Wildman–Crippen MR) is 22.6 cm³/mol. The van der Waals surface area contributed by atoms with Crippen LogP contribution < -0.4 is 0 Å². The van der Waals surface area contributed by atoms with Crippen LogP contribution in [0.3, 0.4) is 0 Å². The second-order valence-corrected chi connectivity index (χ2v) is 0.882. The standard InChI is InChI=1S/C4H7N/c1-3-4-5-2/h3-4H2,1H3. The molecule has 0 spiro atoms. The lowest BCUT2D eigenvalue weighted by molar-refractivity contribution is 0.940. The van der Waals surface area contributed by atoms with Crippen LogP contribution in [0.2, 0.25) is 0 Å². The van der Waals surface area contributed by atoms with Crippen LogP contribution in [0.4, 0.5) is 0 Å². The minimum absolute atomic E-state index is 0.681. The van der Waals surface area contributed by atoms with E-state index in [1.165, 1.54) is 0 Å². The van der Waals surface area contributed by atoms with Gasteiger partial charge in [0.15, 0.2) is 0 Å². The SMILES string of the molecule is CCCN=[C:1]. The number of nitrogens with zero attached hydrogens (tertiary/aromatic N) is 1. The molecular formula is C4H7N. The summed E-state index contributed by atoms with van der Waals surface area (Å²) >= 11 is 0. The summed E-state index contributed by atoms with van der Waals surface area (Å²) in [5.74, 6) is 0. The summed E-state index contributed by atoms with van der Waals surface area (Å²) in [6, 6.07) is 0. The van der Waals surface area contributed by atoms with Gasteiger partial charge >= 0.3 is 0 Å². The molecule has 0 aromatic rings. The molecule has 0 aromatic heterocycles. The quantitative estimate of drug-likeness (QED) is 0.426. The molecule has 0 N–H and O–H groups in total. The summed E-state index contributed by atoms with van der Waals surface area (Å²) in [4.78, 5) is 3.10. The summed E-state index contributed by atoms with van der Waals surface area (Å²) in [7, 11) is 0. The normalized spacial score (nSPS) is 7.40. The Labute approximate surface area is 32.7 Å². The molecule has 1 heteroatoms. The largest absolute Gasteiger partial charge is 0.281 e. The molecule has 0 aliphatic rings. The van der Waals surface area contributed by atoms with Gasteiger partial charge in [-0.15, -0.1) is 0 Å². The Morgan fingerprint density at radius 2 is 2.40 bits per heavy atom. The van der Waals surface area contributed by atoms with Gasteiger partial charge in [0.1, 0.15) is 6.72 Å². The zero-order chi connectivity index (χ0) is 4.12. The van der Waals surface area contributed by atoms with E-state index in [9.17, 15) is 0 Å². The highest BCUT2D eigenvalue weighted by molar-refractivity contribution is 5.22. The second-order valence-electron chi connectivity index (χ2n) is 0.882. The molecule has 0 aliphatic heterocycles. The summed E-state index contributed by atoms with van der Waals surface area (Å²) in [5.41, 5.74) is 0. The first-order valence-corrected chi connectivity index (χ1v) is 1.75. The van der Waals surface area contributed by atoms with Crippen LogP contribution in [0.1, 0.15) is 13.3 Å². The van der Waals surface area contributed by atoms with Crippen molar-refractivity contribution in [1.29, 1.82) is 0 Å². The van der Waals surface area contributed by atoms with Crippen molar-refractivity contribution in [3.05, 3.63) is 0 Å². The number of hydrogen-bond donors (Lipinski definition) is 0. The van der Waals surface area contributed by atoms with Crippen LogP contribution in [0.25, 0.3) is 0 Å². The van der Waals surface area contributed by atoms with E-state index in [1.807, 2.05) is 6.92 Å². The van der Waals surface area contributed by atoms with Gasteiger partial charge in [0.2, 0.25) is 0 Å². The van der Waals surface area contributed by atoms with Gasteiger partial charge in [0.25, 0.3) is 0 Å². The molecule has 0 fully saturated rings. The van der Waals surface area contributed by atoms with E-state index >= 15 is 0 Å². The average Bonchev–Trinajstić information content (AvgIpc) is 1.41. The van der Waals surface area contributed by atoms with Crippen molar-refractivity contribution in [2.45, 2.75) is 13.3 Å². The molecule has 0 rings (SSSR count). The van der Waals surface area contributed by atoms with E-state index in [2.05, 4.69) is 4.99 Å². The maximum atomic E-state index is 6.23. The van der Waals surface area contributed by atoms with Crippen LogP contribution in [0.5, 0.6) is 0 Å². The fourth-order valence-electron chi connectivity index (χ4n) is 0.112. The molecule has 0 aliphatic carbocycles. The van der Waals surface area contributed by atoms with Gasteiger partial charge in [-0.1, -0.05) is 6.92 Å². The van der Waals surface area contributed by atoms with E-state index in [-0.39, 0.29) is 0 Å². The van der Waals surface area contributed by atoms with E-state index in [0.29, 0.717) is 6.54 Å². The first-order chi connectivity index (χ1) is 2.41. The first kappa shape index (κ1) is 4.67. The fourth-order valence-corrected chi connectivity index (χ4v) is 0.112. The van der Waals surface area contributed by atoms with Crippen LogP contribution >= 0.6 is 0 Å². The van der Waals surface area contributed by atoms with Gasteiger partial charge in [-0.05, 0) is 6.42 Å². The minimum atomic E-state index is 0.681. The highest BCUT2D eigenvalue weighted by atomic mass is 14.7. The van der Waals surface area contributed by atoms with Gasteiger partial charge in [-0.2, -0.15) is 0 Å². The van der Waals surface area contributed by atoms with Crippen LogP contribution in [-0.4, -0.2) is 13.3 Å². The lowest BCUT2D eigenvalue weighted by Gasteiger charge is -1.73. The van der Waals surface area contributed by atoms with Gasteiger partial charge in [0.05, 0.1) is 0 Å². The lowest BCUT2D eigenvalue weighted by atomic mass is 10.5. The van der Waals surface area contributed by atoms with Gasteiger partial charge in [-0.3, -0.25) is 4.99 Å². The number of aliphatic imine (C=N–C) groups is 1. The third-order valence-corrected chi connectivity index (χ3v) is 0.335. The van der Waals surface area contributed by atoms with E-state index in [1.54, 1.807) is 0 Å². The fraction of sp³-hybridized carbons (Fsp3) is 0.750. The molecule has 0 amide bonds. The van der Waals surface area contributed by atoms with Crippen molar-refractivity contribution in [2.24, 2.45) is 4.99 Å². The molecule has 5 heavy (non-hydrogen) atoms. The zero-order valence-corrected chi connectivity index (χ0v) is 3.36. The molecule has 2 radical (unpaired) electrons. The van der Waals surface area contributed by atoms with Crippen LogP contribution in [-0.2, 0) is 0 Å². The summed E-state index contributed by atoms with van der Waals surface area (Å²) in [6.45, 7) is 8.91. The van der Waals surface area contributed by atoms with Gasteiger partial charge < -0.3 is 0 Å². The molecule has 1 nitrogen and oxygen atoms in total. The third kappa shape index (κ3) is 3.67. The molecule has 0 atom stereocenters. The Bertz CT molecular complexity index is 24.8. The number of rotatable bonds is 2. The average molecular weight is 69.1 g/mol. The van der Waals surface area contributed by atoms with E-state index < -0.39 is 0 Å². The van der Waals surface area contributed by atoms with Gasteiger partial charge in [-0.25, -0.2) is 0 Å². The van der Waals surface area contributed by atoms with Crippen molar-refractivity contribution < 1.29 is 0 Å². The van der Waals surface area contributed by atoms with Crippen molar-refractivity contribution >= 4 is 6.72 Å². The Morgan fingerprint density at radius 1 is 1.80 bits per heavy atom. The topological polar surface area (TPSA) is 12.4 Å². The minimum Gasteiger partial charge on any atom is -0.281 e. The Morgan fingerprint density at radius 3 is 2.40 bits per heavy atom. The molecule has 0 saturated carbocycles. The molecular weight excluding hydrogens is 62.1 g/mol. The highest BCUT2D eigenvalue weighted by Gasteiger charge is 1.62. The Hall–Kier alpha value is -0.330. The summed E-state index contributed by atoms with van der Waals surface area (Å²) in [6.07, 6.45) is 0.990. The molecule has 28 valence electrons. The smallest absolute Gasteiger partial charge is 0.112 e. The van der Waals surface area contributed by atoms with Crippen LogP contribution in [0.15, 0.2) is 4.99 Å². The second kappa shape index (κ2) is 3.67. The van der Waals surface area contributed by atoms with Gasteiger partial charge in [0, 0.05) is 6.54 Å². The molecule has 0 heterocycles. The molecule has 0 bridgehead atoms. The first-order valence-electron chi connectivity index (χ1n) is 1.75. The maximum absolute atomic E-state index is 6.23. The van der Waals surface area contributed by atoms with Crippen molar-refractivity contribution in [2.75, 3.05) is 6.54 Å². The molecule has 0 aromatic carbocycles.